The Balaban J connectivity index is 2.66. The van der Waals surface area contributed by atoms with Gasteiger partial charge in [-0.3, -0.25) is 0 Å². The summed E-state index contributed by atoms with van der Waals surface area (Å²) >= 11 is 0. The third-order valence-corrected chi connectivity index (χ3v) is 2.05. The molecule has 0 fully saturated rings. The highest BCUT2D eigenvalue weighted by atomic mass is 15.2. The molecule has 3 nitrogen and oxygen atoms in total. The summed E-state index contributed by atoms with van der Waals surface area (Å²) in [4.78, 5) is 6.28. The van der Waals surface area contributed by atoms with E-state index in [0.717, 1.165) is 11.4 Å². The Morgan fingerprint density at radius 3 is 2.79 bits per heavy atom. The number of anilines is 1. The van der Waals surface area contributed by atoms with Gasteiger partial charge in [-0.1, -0.05) is 6.07 Å². The topological polar surface area (TPSA) is 39.9 Å². The molecule has 1 heterocycles. The average molecular weight is 189 g/mol. The Bertz CT molecular complexity index is 323. The minimum atomic E-state index is 0.0307. The van der Waals surface area contributed by atoms with Crippen molar-refractivity contribution in [1.29, 1.82) is 5.26 Å². The van der Waals surface area contributed by atoms with Crippen LogP contribution in [0.4, 0.5) is 5.82 Å². The van der Waals surface area contributed by atoms with Crippen LogP contribution in [0.5, 0.6) is 0 Å². The molecule has 0 bridgehead atoms. The maximum atomic E-state index is 8.68. The standard InChI is InChI=1S/C11H15N3/c1-9-4-5-11(13-7-9)14(3)8-10(2)6-12/h4-5,7,10H,8H2,1-3H3. The summed E-state index contributed by atoms with van der Waals surface area (Å²) in [7, 11) is 1.95. The van der Waals surface area contributed by atoms with Crippen LogP contribution in [0, 0.1) is 24.2 Å². The van der Waals surface area contributed by atoms with Crippen LogP contribution in [-0.2, 0) is 0 Å². The third kappa shape index (κ3) is 2.74. The summed E-state index contributed by atoms with van der Waals surface area (Å²) in [5.74, 6) is 0.945. The fraction of sp³-hybridized carbons (Fsp3) is 0.455. The highest BCUT2D eigenvalue weighted by Gasteiger charge is 2.06. The van der Waals surface area contributed by atoms with E-state index in [0.29, 0.717) is 6.54 Å². The number of hydrogen-bond donors (Lipinski definition) is 0. The van der Waals surface area contributed by atoms with Gasteiger partial charge in [-0.05, 0) is 25.5 Å². The molecule has 74 valence electrons. The minimum absolute atomic E-state index is 0.0307. The average Bonchev–Trinajstić information content (AvgIpc) is 2.18. The van der Waals surface area contributed by atoms with Gasteiger partial charge >= 0.3 is 0 Å². The lowest BCUT2D eigenvalue weighted by molar-refractivity contribution is 0.710. The van der Waals surface area contributed by atoms with Crippen LogP contribution in [0.1, 0.15) is 12.5 Å². The minimum Gasteiger partial charge on any atom is -0.358 e. The molecular formula is C11H15N3. The van der Waals surface area contributed by atoms with Gasteiger partial charge in [0.1, 0.15) is 5.82 Å². The molecule has 0 saturated carbocycles. The van der Waals surface area contributed by atoms with E-state index in [4.69, 9.17) is 5.26 Å². The molecule has 0 amide bonds. The lowest BCUT2D eigenvalue weighted by Gasteiger charge is -2.18. The van der Waals surface area contributed by atoms with Crippen LogP contribution >= 0.6 is 0 Å². The molecule has 0 saturated heterocycles. The fourth-order valence-corrected chi connectivity index (χ4v) is 1.23. The summed E-state index contributed by atoms with van der Waals surface area (Å²) in [6.45, 7) is 4.63. The molecule has 0 aliphatic heterocycles. The molecule has 0 aliphatic rings. The van der Waals surface area contributed by atoms with Gasteiger partial charge in [-0.2, -0.15) is 5.26 Å². The predicted octanol–water partition coefficient (Wildman–Crippen LogP) is 1.99. The van der Waals surface area contributed by atoms with E-state index in [1.165, 1.54) is 0 Å². The molecule has 1 unspecified atom stereocenters. The van der Waals surface area contributed by atoms with E-state index in [2.05, 4.69) is 11.1 Å². The zero-order valence-electron chi connectivity index (χ0n) is 8.86. The van der Waals surface area contributed by atoms with Crippen LogP contribution < -0.4 is 4.90 Å². The summed E-state index contributed by atoms with van der Waals surface area (Å²) in [5.41, 5.74) is 1.15. The van der Waals surface area contributed by atoms with Gasteiger partial charge in [0.2, 0.25) is 0 Å². The molecule has 3 heteroatoms. The van der Waals surface area contributed by atoms with Crippen molar-refractivity contribution in [3.8, 4) is 6.07 Å². The fourth-order valence-electron chi connectivity index (χ4n) is 1.23. The molecule has 0 N–H and O–H groups in total. The number of aromatic nitrogens is 1. The summed E-state index contributed by atoms with van der Waals surface area (Å²) in [6.07, 6.45) is 1.84. The van der Waals surface area contributed by atoms with E-state index in [1.54, 1.807) is 0 Å². The van der Waals surface area contributed by atoms with Gasteiger partial charge in [0, 0.05) is 19.8 Å². The monoisotopic (exact) mass is 189 g/mol. The molecular weight excluding hydrogens is 174 g/mol. The quantitative estimate of drug-likeness (QED) is 0.730. The second kappa shape index (κ2) is 4.61. The largest absolute Gasteiger partial charge is 0.358 e. The Hall–Kier alpha value is -1.56. The van der Waals surface area contributed by atoms with Gasteiger partial charge in [-0.25, -0.2) is 4.98 Å². The molecule has 0 aromatic carbocycles. The van der Waals surface area contributed by atoms with Crippen molar-refractivity contribution < 1.29 is 0 Å². The zero-order valence-corrected chi connectivity index (χ0v) is 8.86. The molecule has 0 spiro atoms. The van der Waals surface area contributed by atoms with Gasteiger partial charge < -0.3 is 4.90 Å². The van der Waals surface area contributed by atoms with E-state index < -0.39 is 0 Å². The number of nitriles is 1. The number of nitrogens with zero attached hydrogens (tertiary/aromatic N) is 3. The smallest absolute Gasteiger partial charge is 0.128 e. The van der Waals surface area contributed by atoms with Crippen LogP contribution in [0.15, 0.2) is 18.3 Å². The van der Waals surface area contributed by atoms with Gasteiger partial charge in [0.05, 0.1) is 12.0 Å². The normalized spacial score (nSPS) is 11.9. The number of aryl methyl sites for hydroxylation is 1. The summed E-state index contributed by atoms with van der Waals surface area (Å²) < 4.78 is 0. The van der Waals surface area contributed by atoms with Crippen molar-refractivity contribution in [2.24, 2.45) is 5.92 Å². The van der Waals surface area contributed by atoms with Crippen molar-refractivity contribution >= 4 is 5.82 Å². The SMILES string of the molecule is Cc1ccc(N(C)CC(C)C#N)nc1. The number of rotatable bonds is 3. The molecule has 0 aliphatic carbocycles. The second-order valence-electron chi connectivity index (χ2n) is 3.60. The third-order valence-electron chi connectivity index (χ3n) is 2.05. The summed E-state index contributed by atoms with van der Waals surface area (Å²) in [6, 6.07) is 6.20. The van der Waals surface area contributed by atoms with Crippen molar-refractivity contribution in [2.45, 2.75) is 13.8 Å². The first-order chi connectivity index (χ1) is 6.63. The van der Waals surface area contributed by atoms with Crippen LogP contribution in [-0.4, -0.2) is 18.6 Å². The first-order valence-corrected chi connectivity index (χ1v) is 4.67. The highest BCUT2D eigenvalue weighted by molar-refractivity contribution is 5.38. The Kier molecular flexibility index (Phi) is 3.47. The van der Waals surface area contributed by atoms with Gasteiger partial charge in [0.25, 0.3) is 0 Å². The second-order valence-corrected chi connectivity index (χ2v) is 3.60. The highest BCUT2D eigenvalue weighted by Crippen LogP contribution is 2.10. The van der Waals surface area contributed by atoms with E-state index in [-0.39, 0.29) is 5.92 Å². The van der Waals surface area contributed by atoms with Crippen LogP contribution in [0.3, 0.4) is 0 Å². The van der Waals surface area contributed by atoms with Crippen molar-refractivity contribution in [1.82, 2.24) is 4.98 Å². The Morgan fingerprint density at radius 2 is 2.29 bits per heavy atom. The lowest BCUT2D eigenvalue weighted by Crippen LogP contribution is -2.23. The Labute approximate surface area is 85.0 Å². The van der Waals surface area contributed by atoms with E-state index in [1.807, 2.05) is 44.1 Å². The zero-order chi connectivity index (χ0) is 10.6. The maximum absolute atomic E-state index is 8.68. The first-order valence-electron chi connectivity index (χ1n) is 4.67. The van der Waals surface area contributed by atoms with Crippen LogP contribution in [0.2, 0.25) is 0 Å². The number of pyridine rings is 1. The van der Waals surface area contributed by atoms with Crippen LogP contribution in [0.25, 0.3) is 0 Å². The van der Waals surface area contributed by atoms with Crippen molar-refractivity contribution in [2.75, 3.05) is 18.5 Å². The Morgan fingerprint density at radius 1 is 1.57 bits per heavy atom. The molecule has 14 heavy (non-hydrogen) atoms. The molecule has 1 atom stereocenters. The number of hydrogen-bond acceptors (Lipinski definition) is 3. The molecule has 1 aromatic rings. The van der Waals surface area contributed by atoms with Crippen molar-refractivity contribution in [3.63, 3.8) is 0 Å². The van der Waals surface area contributed by atoms with Gasteiger partial charge in [-0.15, -0.1) is 0 Å². The van der Waals surface area contributed by atoms with Crippen molar-refractivity contribution in [3.05, 3.63) is 23.9 Å². The maximum Gasteiger partial charge on any atom is 0.128 e. The molecule has 1 aromatic heterocycles. The molecule has 1 rings (SSSR count). The van der Waals surface area contributed by atoms with Gasteiger partial charge in [0.15, 0.2) is 0 Å². The van der Waals surface area contributed by atoms with E-state index >= 15 is 0 Å². The molecule has 0 radical (unpaired) electrons. The van der Waals surface area contributed by atoms with E-state index in [9.17, 15) is 0 Å². The predicted molar refractivity (Wildman–Crippen MR) is 57.0 cm³/mol. The lowest BCUT2D eigenvalue weighted by atomic mass is 10.2. The first kappa shape index (κ1) is 10.5. The summed E-state index contributed by atoms with van der Waals surface area (Å²) in [5, 5.41) is 8.68.